The Morgan fingerprint density at radius 2 is 1.97 bits per heavy atom. The van der Waals surface area contributed by atoms with E-state index in [2.05, 4.69) is 18.0 Å². The van der Waals surface area contributed by atoms with Crippen molar-refractivity contribution in [2.24, 2.45) is 11.7 Å². The number of para-hydroxylation sites is 1. The van der Waals surface area contributed by atoms with E-state index in [-0.39, 0.29) is 17.2 Å². The normalized spacial score (nSPS) is 19.0. The van der Waals surface area contributed by atoms with E-state index in [4.69, 9.17) is 5.73 Å². The van der Waals surface area contributed by atoms with Gasteiger partial charge in [0, 0.05) is 11.3 Å². The van der Waals surface area contributed by atoms with Crippen LogP contribution in [0.3, 0.4) is 0 Å². The van der Waals surface area contributed by atoms with Crippen LogP contribution in [0.5, 0.6) is 0 Å². The first-order valence-corrected chi connectivity index (χ1v) is 10.5. The Morgan fingerprint density at radius 1 is 1.20 bits per heavy atom. The van der Waals surface area contributed by atoms with Gasteiger partial charge in [-0.1, -0.05) is 36.9 Å². The molecule has 5 heteroatoms. The third-order valence-corrected chi connectivity index (χ3v) is 6.35. The third-order valence-electron chi connectivity index (χ3n) is 6.35. The summed E-state index contributed by atoms with van der Waals surface area (Å²) in [6, 6.07) is 15.4. The van der Waals surface area contributed by atoms with Crippen molar-refractivity contribution in [2.75, 3.05) is 4.90 Å². The molecule has 2 fully saturated rings. The largest absolute Gasteiger partial charge is 0.385 e. The lowest BCUT2D eigenvalue weighted by atomic mass is 9.98. The Bertz CT molecular complexity index is 1090. The molecular formula is C25H25N3O2. The summed E-state index contributed by atoms with van der Waals surface area (Å²) < 4.78 is 0. The average molecular weight is 399 g/mol. The van der Waals surface area contributed by atoms with Crippen LogP contribution in [-0.4, -0.2) is 11.8 Å². The van der Waals surface area contributed by atoms with Crippen LogP contribution in [0.4, 0.5) is 5.69 Å². The van der Waals surface area contributed by atoms with Gasteiger partial charge in [-0.2, -0.15) is 0 Å². The Morgan fingerprint density at radius 3 is 2.70 bits per heavy atom. The number of rotatable bonds is 6. The number of nitrogens with two attached hydrogens (primary N) is 1. The van der Waals surface area contributed by atoms with Gasteiger partial charge in [-0.15, -0.1) is 0 Å². The molecule has 5 nitrogen and oxygen atoms in total. The zero-order chi connectivity index (χ0) is 20.9. The minimum absolute atomic E-state index is 0.171. The SMILES string of the molecule is C=C(/C=C(\N)NC(=O)c1cccc(CN2C(=O)C3(CC3)c3ccccc32)c1)C1CC1. The van der Waals surface area contributed by atoms with Crippen LogP contribution in [0.1, 0.15) is 47.2 Å². The Hall–Kier alpha value is -3.34. The maximum Gasteiger partial charge on any atom is 0.256 e. The molecule has 2 amide bonds. The van der Waals surface area contributed by atoms with E-state index < -0.39 is 0 Å². The molecule has 0 aromatic heterocycles. The molecule has 2 saturated carbocycles. The number of carbonyl (C=O) groups is 2. The van der Waals surface area contributed by atoms with E-state index in [1.807, 2.05) is 41.3 Å². The van der Waals surface area contributed by atoms with Crippen LogP contribution in [0.25, 0.3) is 0 Å². The lowest BCUT2D eigenvalue weighted by molar-refractivity contribution is -0.120. The highest BCUT2D eigenvalue weighted by Crippen LogP contribution is 2.57. The van der Waals surface area contributed by atoms with Crippen molar-refractivity contribution in [1.29, 1.82) is 0 Å². The first-order chi connectivity index (χ1) is 14.5. The average Bonchev–Trinajstić information content (AvgIpc) is 3.64. The highest BCUT2D eigenvalue weighted by atomic mass is 16.2. The molecule has 1 aliphatic heterocycles. The number of amides is 2. The lowest BCUT2D eigenvalue weighted by Gasteiger charge is -2.18. The molecule has 3 aliphatic rings. The fraction of sp³-hybridized carbons (Fsp3) is 0.280. The van der Waals surface area contributed by atoms with Crippen molar-refractivity contribution < 1.29 is 9.59 Å². The maximum atomic E-state index is 13.1. The van der Waals surface area contributed by atoms with E-state index in [9.17, 15) is 9.59 Å². The molecule has 2 aromatic rings. The number of carbonyl (C=O) groups excluding carboxylic acids is 2. The Kier molecular flexibility index (Phi) is 4.28. The van der Waals surface area contributed by atoms with Gasteiger partial charge in [0.05, 0.1) is 12.0 Å². The third kappa shape index (κ3) is 3.20. The van der Waals surface area contributed by atoms with Crippen LogP contribution < -0.4 is 16.0 Å². The predicted molar refractivity (Wildman–Crippen MR) is 117 cm³/mol. The molecule has 5 rings (SSSR count). The summed E-state index contributed by atoms with van der Waals surface area (Å²) in [5.41, 5.74) is 10.2. The van der Waals surface area contributed by atoms with Crippen molar-refractivity contribution in [1.82, 2.24) is 5.32 Å². The molecule has 0 radical (unpaired) electrons. The highest BCUT2D eigenvalue weighted by molar-refractivity contribution is 6.10. The van der Waals surface area contributed by atoms with Gasteiger partial charge in [-0.05, 0) is 72.6 Å². The molecular weight excluding hydrogens is 374 g/mol. The van der Waals surface area contributed by atoms with E-state index in [1.54, 1.807) is 12.1 Å². The Labute approximate surface area is 176 Å². The maximum absolute atomic E-state index is 13.1. The molecule has 0 atom stereocenters. The summed E-state index contributed by atoms with van der Waals surface area (Å²) >= 11 is 0. The van der Waals surface area contributed by atoms with Crippen molar-refractivity contribution in [2.45, 2.75) is 37.6 Å². The van der Waals surface area contributed by atoms with Gasteiger partial charge in [0.25, 0.3) is 5.91 Å². The lowest BCUT2D eigenvalue weighted by Crippen LogP contribution is -2.31. The van der Waals surface area contributed by atoms with E-state index in [0.29, 0.717) is 23.8 Å². The van der Waals surface area contributed by atoms with Gasteiger partial charge in [-0.25, -0.2) is 0 Å². The molecule has 3 N–H and O–H groups in total. The van der Waals surface area contributed by atoms with E-state index in [0.717, 1.165) is 48.1 Å². The summed E-state index contributed by atoms with van der Waals surface area (Å²) in [5, 5.41) is 2.74. The van der Waals surface area contributed by atoms with Crippen molar-refractivity contribution in [3.05, 3.63) is 89.3 Å². The van der Waals surface area contributed by atoms with E-state index >= 15 is 0 Å². The van der Waals surface area contributed by atoms with Crippen molar-refractivity contribution in [3.8, 4) is 0 Å². The number of nitrogens with one attached hydrogen (secondary N) is 1. The second kappa shape index (κ2) is 6.87. The van der Waals surface area contributed by atoms with Crippen molar-refractivity contribution in [3.63, 3.8) is 0 Å². The summed E-state index contributed by atoms with van der Waals surface area (Å²) in [5.74, 6) is 0.714. The van der Waals surface area contributed by atoms with Crippen molar-refractivity contribution >= 4 is 17.5 Å². The zero-order valence-electron chi connectivity index (χ0n) is 16.9. The van der Waals surface area contributed by atoms with Crippen LogP contribution in [0.15, 0.2) is 72.6 Å². The molecule has 0 saturated heterocycles. The first kappa shape index (κ1) is 18.7. The standard InChI is InChI=1S/C25H25N3O2/c1-16(18-9-10-18)13-22(26)27-23(29)19-6-4-5-17(14-19)15-28-21-8-3-2-7-20(21)25(11-12-25)24(28)30/h2-8,13-14,18H,1,9-12,15,26H2,(H,27,29)/b22-13+. The van der Waals surface area contributed by atoms with E-state index in [1.165, 1.54) is 0 Å². The van der Waals surface area contributed by atoms with Gasteiger partial charge in [0.2, 0.25) is 5.91 Å². The van der Waals surface area contributed by atoms with Gasteiger partial charge in [0.15, 0.2) is 0 Å². The van der Waals surface area contributed by atoms with Crippen LogP contribution in [-0.2, 0) is 16.8 Å². The Balaban J connectivity index is 1.33. The van der Waals surface area contributed by atoms with Crippen LogP contribution in [0, 0.1) is 5.92 Å². The highest BCUT2D eigenvalue weighted by Gasteiger charge is 2.58. The summed E-state index contributed by atoms with van der Waals surface area (Å²) in [6.07, 6.45) is 5.85. The molecule has 0 bridgehead atoms. The number of benzene rings is 2. The number of nitrogens with zero attached hydrogens (tertiary/aromatic N) is 1. The number of anilines is 1. The second-order valence-corrected chi connectivity index (χ2v) is 8.59. The monoisotopic (exact) mass is 399 g/mol. The van der Waals surface area contributed by atoms with Crippen LogP contribution >= 0.6 is 0 Å². The molecule has 152 valence electrons. The second-order valence-electron chi connectivity index (χ2n) is 8.59. The minimum atomic E-state index is -0.311. The molecule has 2 aliphatic carbocycles. The molecule has 1 heterocycles. The number of fused-ring (bicyclic) bond motifs is 2. The number of allylic oxidation sites excluding steroid dienone is 2. The quantitative estimate of drug-likeness (QED) is 0.726. The predicted octanol–water partition coefficient (Wildman–Crippen LogP) is 3.76. The fourth-order valence-electron chi connectivity index (χ4n) is 4.37. The summed E-state index contributed by atoms with van der Waals surface area (Å²) in [6.45, 7) is 4.45. The topological polar surface area (TPSA) is 75.4 Å². The summed E-state index contributed by atoms with van der Waals surface area (Å²) in [7, 11) is 0. The molecule has 30 heavy (non-hydrogen) atoms. The fourth-order valence-corrected chi connectivity index (χ4v) is 4.37. The molecule has 0 unspecified atom stereocenters. The van der Waals surface area contributed by atoms with Gasteiger partial charge in [-0.3, -0.25) is 9.59 Å². The smallest absolute Gasteiger partial charge is 0.256 e. The molecule has 1 spiro atoms. The van der Waals surface area contributed by atoms with Gasteiger partial charge < -0.3 is 16.0 Å². The summed E-state index contributed by atoms with van der Waals surface area (Å²) in [4.78, 5) is 27.6. The zero-order valence-corrected chi connectivity index (χ0v) is 16.9. The number of hydrogen-bond donors (Lipinski definition) is 2. The van der Waals surface area contributed by atoms with Gasteiger partial charge >= 0.3 is 0 Å². The van der Waals surface area contributed by atoms with Crippen LogP contribution in [0.2, 0.25) is 0 Å². The van der Waals surface area contributed by atoms with Gasteiger partial charge in [0.1, 0.15) is 5.82 Å². The number of hydrogen-bond acceptors (Lipinski definition) is 3. The first-order valence-electron chi connectivity index (χ1n) is 10.5. The minimum Gasteiger partial charge on any atom is -0.385 e. The molecule has 2 aromatic carbocycles.